The van der Waals surface area contributed by atoms with Gasteiger partial charge in [-0.2, -0.15) is 5.10 Å². The second-order valence-corrected chi connectivity index (χ2v) is 3.93. The summed E-state index contributed by atoms with van der Waals surface area (Å²) in [5, 5.41) is 8.80. The Morgan fingerprint density at radius 1 is 1.64 bits per heavy atom. The molecule has 0 amide bonds. The lowest BCUT2D eigenvalue weighted by Gasteiger charge is -2.02. The van der Waals surface area contributed by atoms with Crippen LogP contribution < -0.4 is 11.1 Å². The highest BCUT2D eigenvalue weighted by atomic mass is 32.1. The minimum atomic E-state index is 0.712. The number of aryl methyl sites for hydroxylation is 1. The lowest BCUT2D eigenvalue weighted by Crippen LogP contribution is -2.04. The molecule has 0 spiro atoms. The molecule has 6 heteroatoms. The van der Waals surface area contributed by atoms with Crippen LogP contribution in [0, 0.1) is 0 Å². The number of aromatic nitrogens is 3. The number of rotatable bonds is 3. The molecule has 2 aromatic rings. The van der Waals surface area contributed by atoms with Crippen LogP contribution in [0.4, 0.5) is 10.1 Å². The van der Waals surface area contributed by atoms with Crippen molar-refractivity contribution in [1.82, 2.24) is 14.8 Å². The monoisotopic (exact) mass is 209 g/mol. The average molecular weight is 209 g/mol. The molecule has 0 aliphatic rings. The molecule has 0 aliphatic heterocycles. The summed E-state index contributed by atoms with van der Waals surface area (Å²) in [5.41, 5.74) is 6.67. The van der Waals surface area contributed by atoms with Crippen LogP contribution in [0.3, 0.4) is 0 Å². The lowest BCUT2D eigenvalue weighted by molar-refractivity contribution is 0.720. The van der Waals surface area contributed by atoms with E-state index < -0.39 is 0 Å². The molecule has 14 heavy (non-hydrogen) atoms. The second-order valence-electron chi connectivity index (χ2n) is 2.87. The van der Waals surface area contributed by atoms with Gasteiger partial charge in [-0.1, -0.05) is 11.3 Å². The summed E-state index contributed by atoms with van der Waals surface area (Å²) in [6.45, 7) is 0.712. The Hall–Kier alpha value is -1.56. The van der Waals surface area contributed by atoms with Crippen molar-refractivity contribution in [1.29, 1.82) is 0 Å². The quantitative estimate of drug-likeness (QED) is 0.793. The molecule has 0 aromatic carbocycles. The maximum Gasteiger partial charge on any atom is 0.184 e. The molecular weight excluding hydrogens is 198 g/mol. The van der Waals surface area contributed by atoms with E-state index in [0.29, 0.717) is 6.54 Å². The van der Waals surface area contributed by atoms with Crippen LogP contribution in [0.25, 0.3) is 0 Å². The fourth-order valence-corrected chi connectivity index (χ4v) is 1.69. The van der Waals surface area contributed by atoms with Gasteiger partial charge in [-0.05, 0) is 6.07 Å². The first kappa shape index (κ1) is 9.01. The van der Waals surface area contributed by atoms with Crippen molar-refractivity contribution in [3.05, 3.63) is 24.2 Å². The third-order valence-corrected chi connectivity index (χ3v) is 2.65. The van der Waals surface area contributed by atoms with Gasteiger partial charge in [0.05, 0.1) is 18.4 Å². The van der Waals surface area contributed by atoms with Gasteiger partial charge in [0.2, 0.25) is 0 Å². The number of hydrogen-bond donors (Lipinski definition) is 2. The summed E-state index contributed by atoms with van der Waals surface area (Å²) >= 11 is 1.44. The second kappa shape index (κ2) is 3.67. The van der Waals surface area contributed by atoms with Gasteiger partial charge in [-0.3, -0.25) is 4.68 Å². The predicted molar refractivity (Wildman–Crippen MR) is 57.1 cm³/mol. The van der Waals surface area contributed by atoms with Crippen molar-refractivity contribution >= 4 is 21.5 Å². The zero-order valence-electron chi connectivity index (χ0n) is 7.77. The van der Waals surface area contributed by atoms with E-state index >= 15 is 0 Å². The largest absolute Gasteiger partial charge is 0.389 e. The minimum absolute atomic E-state index is 0.712. The van der Waals surface area contributed by atoms with E-state index in [2.05, 4.69) is 15.4 Å². The van der Waals surface area contributed by atoms with Gasteiger partial charge in [0, 0.05) is 13.2 Å². The van der Waals surface area contributed by atoms with Crippen molar-refractivity contribution in [2.45, 2.75) is 6.54 Å². The Bertz CT molecular complexity index is 419. The normalized spacial score (nSPS) is 10.4. The first-order valence-corrected chi connectivity index (χ1v) is 4.99. The van der Waals surface area contributed by atoms with Crippen molar-refractivity contribution in [3.63, 3.8) is 0 Å². The molecule has 2 rings (SSSR count). The van der Waals surface area contributed by atoms with Crippen LogP contribution >= 0.6 is 11.3 Å². The molecule has 0 saturated heterocycles. The van der Waals surface area contributed by atoms with E-state index in [9.17, 15) is 0 Å². The fourth-order valence-electron chi connectivity index (χ4n) is 1.11. The standard InChI is InChI=1S/C8H11N5S/c1-13-6(2-3-12-13)4-10-8-11-5-7(9)14-8/h2-3,5H,4,9H2,1H3,(H,10,11). The molecule has 0 unspecified atom stereocenters. The number of hydrogen-bond acceptors (Lipinski definition) is 5. The van der Waals surface area contributed by atoms with E-state index in [1.807, 2.05) is 17.8 Å². The fraction of sp³-hybridized carbons (Fsp3) is 0.250. The summed E-state index contributed by atoms with van der Waals surface area (Å²) in [5.74, 6) is 0. The van der Waals surface area contributed by atoms with Crippen molar-refractivity contribution in [3.8, 4) is 0 Å². The van der Waals surface area contributed by atoms with Crippen LogP contribution in [-0.2, 0) is 13.6 Å². The Labute approximate surface area is 85.6 Å². The molecular formula is C8H11N5S. The van der Waals surface area contributed by atoms with Crippen LogP contribution in [0.15, 0.2) is 18.5 Å². The third kappa shape index (κ3) is 1.85. The molecule has 0 aliphatic carbocycles. The highest BCUT2D eigenvalue weighted by molar-refractivity contribution is 7.19. The Morgan fingerprint density at radius 3 is 3.07 bits per heavy atom. The molecule has 0 radical (unpaired) electrons. The highest BCUT2D eigenvalue weighted by Gasteiger charge is 2.00. The van der Waals surface area contributed by atoms with E-state index in [4.69, 9.17) is 5.73 Å². The van der Waals surface area contributed by atoms with Crippen molar-refractivity contribution in [2.75, 3.05) is 11.1 Å². The molecule has 0 saturated carbocycles. The Kier molecular flexibility index (Phi) is 2.36. The molecule has 0 fully saturated rings. The zero-order valence-corrected chi connectivity index (χ0v) is 8.58. The molecule has 3 N–H and O–H groups in total. The lowest BCUT2D eigenvalue weighted by atomic mass is 10.4. The number of nitrogen functional groups attached to an aromatic ring is 1. The van der Waals surface area contributed by atoms with Gasteiger partial charge in [-0.15, -0.1) is 0 Å². The summed E-state index contributed by atoms with van der Waals surface area (Å²) in [4.78, 5) is 4.10. The number of anilines is 2. The van der Waals surface area contributed by atoms with Gasteiger partial charge in [0.15, 0.2) is 5.13 Å². The average Bonchev–Trinajstić information content (AvgIpc) is 2.72. The zero-order chi connectivity index (χ0) is 9.97. The highest BCUT2D eigenvalue weighted by Crippen LogP contribution is 2.19. The number of nitrogens with zero attached hydrogens (tertiary/aromatic N) is 3. The third-order valence-electron chi connectivity index (χ3n) is 1.87. The summed E-state index contributed by atoms with van der Waals surface area (Å²) < 4.78 is 1.82. The molecule has 2 aromatic heterocycles. The van der Waals surface area contributed by atoms with Gasteiger partial charge in [0.25, 0.3) is 0 Å². The summed E-state index contributed by atoms with van der Waals surface area (Å²) in [7, 11) is 1.91. The first-order valence-electron chi connectivity index (χ1n) is 4.18. The van der Waals surface area contributed by atoms with Crippen molar-refractivity contribution in [2.24, 2.45) is 7.05 Å². The van der Waals surface area contributed by atoms with E-state index in [-0.39, 0.29) is 0 Å². The van der Waals surface area contributed by atoms with E-state index in [1.165, 1.54) is 11.3 Å². The van der Waals surface area contributed by atoms with Gasteiger partial charge in [0.1, 0.15) is 5.00 Å². The van der Waals surface area contributed by atoms with Crippen LogP contribution in [0.2, 0.25) is 0 Å². The Morgan fingerprint density at radius 2 is 2.50 bits per heavy atom. The maximum absolute atomic E-state index is 5.56. The van der Waals surface area contributed by atoms with Crippen molar-refractivity contribution < 1.29 is 0 Å². The number of nitrogens with two attached hydrogens (primary N) is 1. The Balaban J connectivity index is 1.98. The minimum Gasteiger partial charge on any atom is -0.389 e. The predicted octanol–water partition coefficient (Wildman–Crippen LogP) is 1.07. The molecule has 0 bridgehead atoms. The van der Waals surface area contributed by atoms with Gasteiger partial charge < -0.3 is 11.1 Å². The van der Waals surface area contributed by atoms with E-state index in [1.54, 1.807) is 12.4 Å². The smallest absolute Gasteiger partial charge is 0.184 e. The molecule has 74 valence electrons. The van der Waals surface area contributed by atoms with Gasteiger partial charge >= 0.3 is 0 Å². The van der Waals surface area contributed by atoms with Crippen LogP contribution in [0.1, 0.15) is 5.69 Å². The first-order chi connectivity index (χ1) is 6.75. The maximum atomic E-state index is 5.56. The van der Waals surface area contributed by atoms with Crippen LogP contribution in [0.5, 0.6) is 0 Å². The summed E-state index contributed by atoms with van der Waals surface area (Å²) in [6, 6.07) is 1.96. The number of thiazole rings is 1. The van der Waals surface area contributed by atoms with E-state index in [0.717, 1.165) is 15.8 Å². The van der Waals surface area contributed by atoms with Crippen LogP contribution in [-0.4, -0.2) is 14.8 Å². The molecule has 0 atom stereocenters. The van der Waals surface area contributed by atoms with Gasteiger partial charge in [-0.25, -0.2) is 4.98 Å². The topological polar surface area (TPSA) is 68.8 Å². The molecule has 2 heterocycles. The number of nitrogens with one attached hydrogen (secondary N) is 1. The summed E-state index contributed by atoms with van der Waals surface area (Å²) in [6.07, 6.45) is 3.42. The SMILES string of the molecule is Cn1nccc1CNc1ncc(N)s1. The molecule has 5 nitrogen and oxygen atoms in total.